The lowest BCUT2D eigenvalue weighted by Gasteiger charge is -2.28. The van der Waals surface area contributed by atoms with E-state index in [2.05, 4.69) is 34.3 Å². The van der Waals surface area contributed by atoms with Gasteiger partial charge in [0.15, 0.2) is 0 Å². The van der Waals surface area contributed by atoms with Crippen molar-refractivity contribution in [3.05, 3.63) is 72.6 Å². The molecule has 2 aliphatic rings. The van der Waals surface area contributed by atoms with Crippen molar-refractivity contribution in [3.8, 4) is 5.69 Å². The van der Waals surface area contributed by atoms with E-state index >= 15 is 0 Å². The Morgan fingerprint density at radius 2 is 1.97 bits per heavy atom. The molecule has 1 spiro atoms. The van der Waals surface area contributed by atoms with Gasteiger partial charge in [-0.25, -0.2) is 19.0 Å². The average Bonchev–Trinajstić information content (AvgIpc) is 3.15. The van der Waals surface area contributed by atoms with Crippen LogP contribution in [0.2, 0.25) is 0 Å². The fourth-order valence-electron chi connectivity index (χ4n) is 4.87. The summed E-state index contributed by atoms with van der Waals surface area (Å²) in [6.45, 7) is 4.21. The Bertz CT molecular complexity index is 1330. The summed E-state index contributed by atoms with van der Waals surface area (Å²) in [5.74, 6) is 0.156. The van der Waals surface area contributed by atoms with Crippen molar-refractivity contribution >= 4 is 22.4 Å². The van der Waals surface area contributed by atoms with Crippen molar-refractivity contribution in [3.63, 3.8) is 0 Å². The maximum absolute atomic E-state index is 14.7. The summed E-state index contributed by atoms with van der Waals surface area (Å²) in [6.07, 6.45) is 7.21. The van der Waals surface area contributed by atoms with E-state index < -0.39 is 0 Å². The highest BCUT2D eigenvalue weighted by molar-refractivity contribution is 5.81. The van der Waals surface area contributed by atoms with Crippen LogP contribution in [-0.4, -0.2) is 50.4 Å². The first-order chi connectivity index (χ1) is 16.0. The average molecular weight is 445 g/mol. The van der Waals surface area contributed by atoms with Crippen LogP contribution in [0.3, 0.4) is 0 Å². The third-order valence-corrected chi connectivity index (χ3v) is 7.07. The fourth-order valence-corrected chi connectivity index (χ4v) is 4.87. The number of pyridine rings is 2. The molecule has 3 aromatic heterocycles. The molecule has 0 bridgehead atoms. The van der Waals surface area contributed by atoms with Gasteiger partial charge in [-0.15, -0.1) is 0 Å². The summed E-state index contributed by atoms with van der Waals surface area (Å²) < 4.78 is 22.7. The van der Waals surface area contributed by atoms with E-state index in [-0.39, 0.29) is 17.0 Å². The van der Waals surface area contributed by atoms with Crippen molar-refractivity contribution < 1.29 is 9.13 Å². The van der Waals surface area contributed by atoms with E-state index in [1.807, 2.05) is 24.3 Å². The first-order valence-electron chi connectivity index (χ1n) is 11.2. The first kappa shape index (κ1) is 20.3. The van der Waals surface area contributed by atoms with Crippen molar-refractivity contribution in [2.75, 3.05) is 25.5 Å². The Labute approximate surface area is 191 Å². The minimum Gasteiger partial charge on any atom is -0.356 e. The van der Waals surface area contributed by atoms with Gasteiger partial charge < -0.3 is 15.0 Å². The third kappa shape index (κ3) is 3.37. The maximum atomic E-state index is 14.7. The van der Waals surface area contributed by atoms with E-state index in [4.69, 9.17) is 9.72 Å². The molecule has 8 heteroatoms. The number of ether oxygens (including phenoxy) is 1. The van der Waals surface area contributed by atoms with Crippen LogP contribution in [0.5, 0.6) is 0 Å². The number of aromatic nitrogens is 4. The van der Waals surface area contributed by atoms with Crippen LogP contribution in [0.15, 0.2) is 61.1 Å². The van der Waals surface area contributed by atoms with Gasteiger partial charge >= 0.3 is 0 Å². The van der Waals surface area contributed by atoms with Gasteiger partial charge in [0.05, 0.1) is 22.6 Å². The SMILES string of the molecule is CN1CCC2(CC1)OC2(C)c1ccc2cnc(Nc3ccc(-n4cccn4)cc3F)cc2n1. The van der Waals surface area contributed by atoms with Crippen molar-refractivity contribution in [2.24, 2.45) is 0 Å². The number of fused-ring (bicyclic) bond motifs is 1. The van der Waals surface area contributed by atoms with Gasteiger partial charge in [-0.05, 0) is 57.1 Å². The first-order valence-corrected chi connectivity index (χ1v) is 11.2. The van der Waals surface area contributed by atoms with Gasteiger partial charge in [0.1, 0.15) is 22.8 Å². The third-order valence-electron chi connectivity index (χ3n) is 7.07. The van der Waals surface area contributed by atoms with Crippen LogP contribution < -0.4 is 5.32 Å². The number of halogens is 1. The summed E-state index contributed by atoms with van der Waals surface area (Å²) in [7, 11) is 2.15. The Kier molecular flexibility index (Phi) is 4.50. The van der Waals surface area contributed by atoms with Gasteiger partial charge in [-0.1, -0.05) is 0 Å². The highest BCUT2D eigenvalue weighted by atomic mass is 19.1. The molecule has 168 valence electrons. The molecular weight excluding hydrogens is 419 g/mol. The Balaban J connectivity index is 1.27. The molecule has 1 N–H and O–H groups in total. The lowest BCUT2D eigenvalue weighted by Crippen LogP contribution is -2.38. The smallest absolute Gasteiger partial charge is 0.148 e. The summed E-state index contributed by atoms with van der Waals surface area (Å²) in [5.41, 5.74) is 2.25. The monoisotopic (exact) mass is 444 g/mol. The molecule has 0 radical (unpaired) electrons. The highest BCUT2D eigenvalue weighted by Crippen LogP contribution is 2.60. The number of rotatable bonds is 4. The maximum Gasteiger partial charge on any atom is 0.148 e. The van der Waals surface area contributed by atoms with E-state index in [0.29, 0.717) is 17.2 Å². The van der Waals surface area contributed by atoms with E-state index in [0.717, 1.165) is 42.5 Å². The zero-order chi connectivity index (χ0) is 22.6. The van der Waals surface area contributed by atoms with Gasteiger partial charge in [-0.3, -0.25) is 0 Å². The molecule has 0 amide bonds. The normalized spacial score (nSPS) is 22.0. The highest BCUT2D eigenvalue weighted by Gasteiger charge is 2.68. The molecule has 2 fully saturated rings. The van der Waals surface area contributed by atoms with Gasteiger partial charge in [0, 0.05) is 49.2 Å². The Morgan fingerprint density at radius 1 is 1.12 bits per heavy atom. The molecule has 33 heavy (non-hydrogen) atoms. The predicted molar refractivity (Wildman–Crippen MR) is 124 cm³/mol. The number of benzene rings is 1. The van der Waals surface area contributed by atoms with Gasteiger partial charge in [0.2, 0.25) is 0 Å². The largest absolute Gasteiger partial charge is 0.356 e. The number of nitrogens with one attached hydrogen (secondary N) is 1. The molecular formula is C25H25FN6O. The second-order valence-corrected chi connectivity index (χ2v) is 9.13. The summed E-state index contributed by atoms with van der Waals surface area (Å²) >= 11 is 0. The second kappa shape index (κ2) is 7.33. The minimum atomic E-state index is -0.380. The number of hydrogen-bond donors (Lipinski definition) is 1. The fraction of sp³-hybridized carbons (Fsp3) is 0.320. The molecule has 1 atom stereocenters. The predicted octanol–water partition coefficient (Wildman–Crippen LogP) is 4.41. The molecule has 0 aliphatic carbocycles. The van der Waals surface area contributed by atoms with E-state index in [1.54, 1.807) is 35.4 Å². The zero-order valence-corrected chi connectivity index (χ0v) is 18.6. The molecule has 2 saturated heterocycles. The zero-order valence-electron chi connectivity index (χ0n) is 18.6. The number of hydrogen-bond acceptors (Lipinski definition) is 6. The van der Waals surface area contributed by atoms with Crippen LogP contribution in [0, 0.1) is 5.82 Å². The summed E-state index contributed by atoms with van der Waals surface area (Å²) in [4.78, 5) is 11.7. The molecule has 4 aromatic rings. The number of likely N-dealkylation sites (tertiary alicyclic amines) is 1. The molecule has 6 rings (SSSR count). The van der Waals surface area contributed by atoms with Gasteiger partial charge in [-0.2, -0.15) is 5.10 Å². The van der Waals surface area contributed by atoms with Crippen LogP contribution in [-0.2, 0) is 10.3 Å². The Morgan fingerprint density at radius 3 is 2.73 bits per heavy atom. The second-order valence-electron chi connectivity index (χ2n) is 9.13. The number of anilines is 2. The van der Waals surface area contributed by atoms with Crippen LogP contribution in [0.4, 0.5) is 15.9 Å². The lowest BCUT2D eigenvalue weighted by atomic mass is 9.83. The standard InChI is InChI=1S/C25H25FN6O/c1-24(25(33-24)8-12-31(2)13-9-25)22-7-4-17-16-27-23(15-21(17)29-22)30-20-6-5-18(14-19(20)26)32-11-3-10-28-32/h3-7,10-11,14-16H,8-9,12-13H2,1-2H3,(H,27,30). The van der Waals surface area contributed by atoms with E-state index in [1.165, 1.54) is 6.07 Å². The molecule has 1 aromatic carbocycles. The number of epoxide rings is 1. The van der Waals surface area contributed by atoms with Gasteiger partial charge in [0.25, 0.3) is 0 Å². The van der Waals surface area contributed by atoms with Crippen LogP contribution in [0.1, 0.15) is 25.5 Å². The molecule has 2 aliphatic heterocycles. The van der Waals surface area contributed by atoms with Crippen LogP contribution >= 0.6 is 0 Å². The molecule has 1 unspecified atom stereocenters. The number of nitrogens with zero attached hydrogens (tertiary/aromatic N) is 5. The van der Waals surface area contributed by atoms with Crippen LogP contribution in [0.25, 0.3) is 16.6 Å². The molecule has 0 saturated carbocycles. The summed E-state index contributed by atoms with van der Waals surface area (Å²) in [6, 6.07) is 12.7. The molecule has 5 heterocycles. The quantitative estimate of drug-likeness (QED) is 0.470. The van der Waals surface area contributed by atoms with E-state index in [9.17, 15) is 4.39 Å². The minimum absolute atomic E-state index is 0.117. The lowest BCUT2D eigenvalue weighted by molar-refractivity contribution is 0.167. The number of piperidine rings is 1. The summed E-state index contributed by atoms with van der Waals surface area (Å²) in [5, 5.41) is 8.15. The van der Waals surface area contributed by atoms with Crippen molar-refractivity contribution in [1.29, 1.82) is 0 Å². The topological polar surface area (TPSA) is 71.4 Å². The molecule has 7 nitrogen and oxygen atoms in total. The van der Waals surface area contributed by atoms with Crippen molar-refractivity contribution in [1.82, 2.24) is 24.6 Å². The van der Waals surface area contributed by atoms with Crippen molar-refractivity contribution in [2.45, 2.75) is 31.0 Å². The Hall–Kier alpha value is -3.36.